The Kier molecular flexibility index (Phi) is 4.83. The highest BCUT2D eigenvalue weighted by molar-refractivity contribution is 6.21. The molecule has 0 unspecified atom stereocenters. The van der Waals surface area contributed by atoms with Crippen LogP contribution in [-0.4, -0.2) is 50.1 Å². The summed E-state index contributed by atoms with van der Waals surface area (Å²) in [5, 5.41) is 36.8. The zero-order valence-corrected chi connectivity index (χ0v) is 12.8. The van der Waals surface area contributed by atoms with Gasteiger partial charge in [0, 0.05) is 11.1 Å². The van der Waals surface area contributed by atoms with E-state index in [9.17, 15) is 34.2 Å². The topological polar surface area (TPSA) is 166 Å². The van der Waals surface area contributed by atoms with E-state index in [1.807, 2.05) is 0 Å². The van der Waals surface area contributed by atoms with Gasteiger partial charge in [0.1, 0.15) is 0 Å². The Morgan fingerprint density at radius 3 is 1.08 bits per heavy atom. The lowest BCUT2D eigenvalue weighted by molar-refractivity contribution is 0.0647. The molecule has 0 spiro atoms. The molecule has 2 aromatic carbocycles. The highest BCUT2D eigenvalue weighted by Gasteiger charge is 2.29. The third kappa shape index (κ3) is 3.13. The number of rotatable bonds is 6. The van der Waals surface area contributed by atoms with Crippen LogP contribution in [-0.2, 0) is 0 Å². The first-order valence-corrected chi connectivity index (χ1v) is 6.90. The summed E-state index contributed by atoms with van der Waals surface area (Å²) in [5.74, 6) is -7.69. The fraction of sp³-hybridized carbons (Fsp3) is 0. The van der Waals surface area contributed by atoms with E-state index in [0.717, 1.165) is 36.4 Å². The van der Waals surface area contributed by atoms with E-state index in [0.29, 0.717) is 0 Å². The van der Waals surface area contributed by atoms with Crippen LogP contribution in [0.1, 0.15) is 57.4 Å². The van der Waals surface area contributed by atoms with Gasteiger partial charge >= 0.3 is 23.9 Å². The molecule has 2 rings (SSSR count). The van der Waals surface area contributed by atoms with Gasteiger partial charge in [0.15, 0.2) is 5.78 Å². The van der Waals surface area contributed by atoms with Crippen LogP contribution in [0.15, 0.2) is 36.4 Å². The lowest BCUT2D eigenvalue weighted by Gasteiger charge is -2.11. The molecule has 26 heavy (non-hydrogen) atoms. The van der Waals surface area contributed by atoms with Gasteiger partial charge in [0.05, 0.1) is 22.3 Å². The maximum Gasteiger partial charge on any atom is 0.337 e. The van der Waals surface area contributed by atoms with Gasteiger partial charge in [-0.15, -0.1) is 0 Å². The SMILES string of the molecule is O=C(O)c1cccc(C(=O)c2cccc(C(=O)O)c2C(=O)O)c1C(=O)O. The zero-order chi connectivity index (χ0) is 19.6. The number of carbonyl (C=O) groups excluding carboxylic acids is 1. The molecule has 4 N–H and O–H groups in total. The third-order valence-electron chi connectivity index (χ3n) is 3.51. The van der Waals surface area contributed by atoms with Crippen molar-refractivity contribution in [2.24, 2.45) is 0 Å². The van der Waals surface area contributed by atoms with Gasteiger partial charge in [-0.1, -0.05) is 24.3 Å². The lowest BCUT2D eigenvalue weighted by Crippen LogP contribution is -2.19. The minimum absolute atomic E-state index is 0.567. The van der Waals surface area contributed by atoms with Crippen LogP contribution < -0.4 is 0 Å². The first kappa shape index (κ1) is 18.3. The van der Waals surface area contributed by atoms with Crippen LogP contribution in [0, 0.1) is 0 Å². The van der Waals surface area contributed by atoms with Crippen molar-refractivity contribution in [1.29, 1.82) is 0 Å². The minimum Gasteiger partial charge on any atom is -0.478 e. The molecular formula is C17H10O9. The predicted molar refractivity (Wildman–Crippen MR) is 84.2 cm³/mol. The van der Waals surface area contributed by atoms with Gasteiger partial charge in [-0.3, -0.25) is 4.79 Å². The van der Waals surface area contributed by atoms with Crippen LogP contribution in [0.5, 0.6) is 0 Å². The monoisotopic (exact) mass is 358 g/mol. The second kappa shape index (κ2) is 6.85. The van der Waals surface area contributed by atoms with Crippen molar-refractivity contribution in [2.45, 2.75) is 0 Å². The van der Waals surface area contributed by atoms with Crippen LogP contribution in [0.2, 0.25) is 0 Å². The molecule has 0 amide bonds. The maximum absolute atomic E-state index is 12.7. The fourth-order valence-electron chi connectivity index (χ4n) is 2.45. The number of carbonyl (C=O) groups is 5. The summed E-state index contributed by atoms with van der Waals surface area (Å²) in [6.45, 7) is 0. The number of hydrogen-bond donors (Lipinski definition) is 4. The first-order valence-electron chi connectivity index (χ1n) is 6.90. The molecule has 0 saturated heterocycles. The van der Waals surface area contributed by atoms with Crippen molar-refractivity contribution in [3.8, 4) is 0 Å². The third-order valence-corrected chi connectivity index (χ3v) is 3.51. The Morgan fingerprint density at radius 1 is 0.500 bits per heavy atom. The summed E-state index contributed by atoms with van der Waals surface area (Å²) in [5.41, 5.74) is -4.08. The summed E-state index contributed by atoms with van der Waals surface area (Å²) in [6.07, 6.45) is 0. The van der Waals surface area contributed by atoms with E-state index < -0.39 is 63.0 Å². The molecule has 0 aliphatic heterocycles. The molecule has 0 heterocycles. The number of carboxylic acid groups (broad SMARTS) is 4. The maximum atomic E-state index is 12.7. The standard InChI is InChI=1S/C17H10O9/c18-13(7-3-1-5-9(14(19)20)11(7)16(23)24)8-4-2-6-10(15(21)22)12(8)17(25)26/h1-6H,(H,19,20)(H,21,22)(H,23,24)(H,25,26). The van der Waals surface area contributed by atoms with E-state index in [2.05, 4.69) is 0 Å². The normalized spacial score (nSPS) is 10.2. The van der Waals surface area contributed by atoms with Crippen LogP contribution >= 0.6 is 0 Å². The van der Waals surface area contributed by atoms with Gasteiger partial charge in [-0.25, -0.2) is 19.2 Å². The van der Waals surface area contributed by atoms with Crippen molar-refractivity contribution in [3.05, 3.63) is 69.8 Å². The van der Waals surface area contributed by atoms with Gasteiger partial charge in [0.25, 0.3) is 0 Å². The Bertz CT molecular complexity index is 895. The molecular weight excluding hydrogens is 348 g/mol. The van der Waals surface area contributed by atoms with Crippen LogP contribution in [0.25, 0.3) is 0 Å². The Balaban J connectivity index is 2.80. The summed E-state index contributed by atoms with van der Waals surface area (Å²) in [7, 11) is 0. The molecule has 0 radical (unpaired) electrons. The molecule has 0 aromatic heterocycles. The summed E-state index contributed by atoms with van der Waals surface area (Å²) >= 11 is 0. The number of hydrogen-bond acceptors (Lipinski definition) is 5. The first-order chi connectivity index (χ1) is 12.2. The van der Waals surface area contributed by atoms with E-state index in [-0.39, 0.29) is 0 Å². The molecule has 0 aliphatic rings. The number of aromatic carboxylic acids is 4. The van der Waals surface area contributed by atoms with Gasteiger partial charge in [0.2, 0.25) is 0 Å². The lowest BCUT2D eigenvalue weighted by atomic mass is 9.90. The molecule has 0 fully saturated rings. The molecule has 9 heteroatoms. The number of ketones is 1. The summed E-state index contributed by atoms with van der Waals surface area (Å²) < 4.78 is 0. The smallest absolute Gasteiger partial charge is 0.337 e. The van der Waals surface area contributed by atoms with E-state index in [4.69, 9.17) is 10.2 Å². The van der Waals surface area contributed by atoms with Crippen molar-refractivity contribution in [3.63, 3.8) is 0 Å². The van der Waals surface area contributed by atoms with Gasteiger partial charge < -0.3 is 20.4 Å². The highest BCUT2D eigenvalue weighted by Crippen LogP contribution is 2.23. The second-order valence-electron chi connectivity index (χ2n) is 5.01. The number of carboxylic acids is 4. The fourth-order valence-corrected chi connectivity index (χ4v) is 2.45. The summed E-state index contributed by atoms with van der Waals surface area (Å²) in [4.78, 5) is 58.1. The number of benzene rings is 2. The van der Waals surface area contributed by atoms with Crippen molar-refractivity contribution in [2.75, 3.05) is 0 Å². The van der Waals surface area contributed by atoms with E-state index in [1.54, 1.807) is 0 Å². The Hall–Kier alpha value is -4.01. The van der Waals surface area contributed by atoms with E-state index >= 15 is 0 Å². The predicted octanol–water partition coefficient (Wildman–Crippen LogP) is 1.71. The molecule has 0 atom stereocenters. The molecule has 0 bridgehead atoms. The molecule has 0 aliphatic carbocycles. The van der Waals surface area contributed by atoms with Crippen molar-refractivity contribution >= 4 is 29.7 Å². The summed E-state index contributed by atoms with van der Waals surface area (Å²) in [6, 6.07) is 6.27. The molecule has 2 aromatic rings. The van der Waals surface area contributed by atoms with Crippen LogP contribution in [0.4, 0.5) is 0 Å². The van der Waals surface area contributed by atoms with Gasteiger partial charge in [-0.2, -0.15) is 0 Å². The Morgan fingerprint density at radius 2 is 0.808 bits per heavy atom. The average molecular weight is 358 g/mol. The minimum atomic E-state index is -1.70. The quantitative estimate of drug-likeness (QED) is 0.562. The van der Waals surface area contributed by atoms with E-state index in [1.165, 1.54) is 0 Å². The van der Waals surface area contributed by atoms with Crippen molar-refractivity contribution in [1.82, 2.24) is 0 Å². The largest absolute Gasteiger partial charge is 0.478 e. The molecule has 132 valence electrons. The zero-order valence-electron chi connectivity index (χ0n) is 12.8. The van der Waals surface area contributed by atoms with Gasteiger partial charge in [-0.05, 0) is 12.1 Å². The van der Waals surface area contributed by atoms with Crippen LogP contribution in [0.3, 0.4) is 0 Å². The Labute approximate surface area is 144 Å². The molecule has 0 saturated carbocycles. The highest BCUT2D eigenvalue weighted by atomic mass is 16.4. The second-order valence-corrected chi connectivity index (χ2v) is 5.01. The van der Waals surface area contributed by atoms with Crippen molar-refractivity contribution < 1.29 is 44.4 Å². The average Bonchev–Trinajstić information content (AvgIpc) is 2.59. The molecule has 9 nitrogen and oxygen atoms in total.